The number of hydrogen-bond acceptors (Lipinski definition) is 2. The normalized spacial score (nSPS) is 10.8. The summed E-state index contributed by atoms with van der Waals surface area (Å²) in [5, 5.41) is 0. The van der Waals surface area contributed by atoms with E-state index in [0.29, 0.717) is 5.56 Å². The fourth-order valence-corrected chi connectivity index (χ4v) is 2.92. The number of ether oxygens (including phenoxy) is 1. The largest absolute Gasteiger partial charge is 0.465 e. The Morgan fingerprint density at radius 2 is 1.61 bits per heavy atom. The van der Waals surface area contributed by atoms with Gasteiger partial charge in [0.25, 0.3) is 0 Å². The molecule has 0 saturated carbocycles. The zero-order valence-electron chi connectivity index (χ0n) is 16.3. The van der Waals surface area contributed by atoms with Crippen LogP contribution in [0, 0.1) is 18.8 Å². The number of carbonyl (C=O) groups excluding carboxylic acids is 1. The van der Waals surface area contributed by atoms with Crippen molar-refractivity contribution in [2.24, 2.45) is 0 Å². The first kappa shape index (κ1) is 19.2. The maximum atomic E-state index is 11.5. The molecule has 0 radical (unpaired) electrons. The number of methoxy groups -OCH3 is 1. The molecule has 3 aromatic rings. The Bertz CT molecular complexity index is 1060. The number of rotatable bonds is 3. The molecule has 0 saturated heterocycles. The van der Waals surface area contributed by atoms with Crippen LogP contribution in [0.2, 0.25) is 0 Å². The maximum absolute atomic E-state index is 11.5. The van der Waals surface area contributed by atoms with Crippen LogP contribution in [0.25, 0.3) is 16.7 Å². The Morgan fingerprint density at radius 3 is 2.29 bits per heavy atom. The lowest BCUT2D eigenvalue weighted by Crippen LogP contribution is -2.00. The van der Waals surface area contributed by atoms with E-state index in [1.54, 1.807) is 12.1 Å². The van der Waals surface area contributed by atoms with E-state index in [0.717, 1.165) is 11.1 Å². The zero-order chi connectivity index (χ0) is 19.9. The highest BCUT2D eigenvalue weighted by molar-refractivity contribution is 5.89. The van der Waals surface area contributed by atoms with Crippen LogP contribution >= 0.6 is 0 Å². The third kappa shape index (κ3) is 4.58. The minimum absolute atomic E-state index is 0.344. The topological polar surface area (TPSA) is 26.3 Å². The van der Waals surface area contributed by atoms with Gasteiger partial charge in [0.15, 0.2) is 0 Å². The first-order valence-electron chi connectivity index (χ1n) is 9.11. The minimum atomic E-state index is -0.344. The minimum Gasteiger partial charge on any atom is -0.465 e. The average molecular weight is 366 g/mol. The van der Waals surface area contributed by atoms with Crippen molar-refractivity contribution in [2.45, 2.75) is 13.8 Å². The number of hydrogen-bond donors (Lipinski definition) is 0. The Balaban J connectivity index is 1.85. The summed E-state index contributed by atoms with van der Waals surface area (Å²) >= 11 is 0. The van der Waals surface area contributed by atoms with Gasteiger partial charge in [0.05, 0.1) is 12.7 Å². The molecule has 0 aliphatic heterocycles. The first-order chi connectivity index (χ1) is 13.6. The second-order valence-corrected chi connectivity index (χ2v) is 6.58. The number of carbonyl (C=O) groups is 1. The molecule has 3 aromatic carbocycles. The molecule has 0 amide bonds. The molecule has 0 spiro atoms. The Morgan fingerprint density at radius 1 is 0.929 bits per heavy atom. The number of aryl methyl sites for hydroxylation is 1. The lowest BCUT2D eigenvalue weighted by atomic mass is 9.94. The number of esters is 1. The van der Waals surface area contributed by atoms with Gasteiger partial charge in [-0.1, -0.05) is 65.9 Å². The molecule has 0 fully saturated rings. The molecule has 2 heteroatoms. The molecule has 0 heterocycles. The van der Waals surface area contributed by atoms with Gasteiger partial charge in [-0.3, -0.25) is 0 Å². The van der Waals surface area contributed by atoms with Crippen molar-refractivity contribution in [2.75, 3.05) is 7.11 Å². The van der Waals surface area contributed by atoms with Crippen LogP contribution < -0.4 is 0 Å². The number of benzene rings is 3. The smallest absolute Gasteiger partial charge is 0.337 e. The maximum Gasteiger partial charge on any atom is 0.337 e. The lowest BCUT2D eigenvalue weighted by Gasteiger charge is -2.10. The fourth-order valence-electron chi connectivity index (χ4n) is 2.92. The van der Waals surface area contributed by atoms with E-state index in [1.807, 2.05) is 24.3 Å². The summed E-state index contributed by atoms with van der Waals surface area (Å²) in [6, 6.07) is 24.0. The molecule has 0 unspecified atom stereocenters. The molecule has 28 heavy (non-hydrogen) atoms. The first-order valence-corrected chi connectivity index (χ1v) is 9.11. The zero-order valence-corrected chi connectivity index (χ0v) is 16.3. The molecule has 138 valence electrons. The summed E-state index contributed by atoms with van der Waals surface area (Å²) in [4.78, 5) is 11.5. The van der Waals surface area contributed by atoms with Crippen LogP contribution in [0.15, 0.2) is 78.9 Å². The molecule has 2 nitrogen and oxygen atoms in total. The molecular weight excluding hydrogens is 344 g/mol. The van der Waals surface area contributed by atoms with Crippen molar-refractivity contribution in [1.82, 2.24) is 0 Å². The highest BCUT2D eigenvalue weighted by atomic mass is 16.5. The molecule has 0 aromatic heterocycles. The lowest BCUT2D eigenvalue weighted by molar-refractivity contribution is 0.0600. The third-order valence-corrected chi connectivity index (χ3v) is 4.53. The van der Waals surface area contributed by atoms with Gasteiger partial charge in [0.2, 0.25) is 0 Å². The van der Waals surface area contributed by atoms with Gasteiger partial charge < -0.3 is 4.74 Å². The van der Waals surface area contributed by atoms with Crippen molar-refractivity contribution in [3.05, 3.63) is 101 Å². The second kappa shape index (κ2) is 8.88. The quantitative estimate of drug-likeness (QED) is 0.426. The molecule has 0 aliphatic rings. The molecule has 3 rings (SSSR count). The van der Waals surface area contributed by atoms with Gasteiger partial charge in [-0.15, -0.1) is 0 Å². The monoisotopic (exact) mass is 366 g/mol. The van der Waals surface area contributed by atoms with Crippen molar-refractivity contribution >= 4 is 11.5 Å². The molecule has 0 bridgehead atoms. The highest BCUT2D eigenvalue weighted by Gasteiger charge is 2.06. The Kier molecular flexibility index (Phi) is 6.09. The Hall–Kier alpha value is -3.57. The van der Waals surface area contributed by atoms with Gasteiger partial charge in [0, 0.05) is 5.56 Å². The van der Waals surface area contributed by atoms with Crippen molar-refractivity contribution in [1.29, 1.82) is 0 Å². The van der Waals surface area contributed by atoms with Crippen molar-refractivity contribution < 1.29 is 9.53 Å². The van der Waals surface area contributed by atoms with E-state index in [9.17, 15) is 4.79 Å². The SMILES string of the molecule is COC(=O)c1ccc(C#CC=C(C)c2ccccc2-c2ccc(C)cc2)cc1. The third-order valence-electron chi connectivity index (χ3n) is 4.53. The van der Waals surface area contributed by atoms with Crippen molar-refractivity contribution in [3.8, 4) is 23.0 Å². The van der Waals surface area contributed by atoms with E-state index < -0.39 is 0 Å². The summed E-state index contributed by atoms with van der Waals surface area (Å²) < 4.78 is 4.71. The summed E-state index contributed by atoms with van der Waals surface area (Å²) in [6.07, 6.45) is 1.93. The van der Waals surface area contributed by atoms with Crippen LogP contribution in [0.3, 0.4) is 0 Å². The van der Waals surface area contributed by atoms with Crippen LogP contribution in [-0.2, 0) is 4.74 Å². The molecule has 0 atom stereocenters. The van der Waals surface area contributed by atoms with E-state index in [-0.39, 0.29) is 5.97 Å². The predicted octanol–water partition coefficient (Wildman–Crippen LogP) is 5.90. The fraction of sp³-hybridized carbons (Fsp3) is 0.115. The van der Waals surface area contributed by atoms with Gasteiger partial charge in [-0.2, -0.15) is 0 Å². The van der Waals surface area contributed by atoms with Gasteiger partial charge >= 0.3 is 5.97 Å². The van der Waals surface area contributed by atoms with Crippen LogP contribution in [0.1, 0.15) is 34.0 Å². The summed E-state index contributed by atoms with van der Waals surface area (Å²) in [5.41, 5.74) is 7.28. The average Bonchev–Trinajstić information content (AvgIpc) is 2.74. The van der Waals surface area contributed by atoms with Crippen LogP contribution in [0.4, 0.5) is 0 Å². The number of allylic oxidation sites excluding steroid dienone is 2. The molecule has 0 N–H and O–H groups in total. The van der Waals surface area contributed by atoms with Gasteiger partial charge in [-0.25, -0.2) is 4.79 Å². The standard InChI is InChI=1S/C26H22O2/c1-19-11-15-22(16-12-19)25-10-5-4-9-24(25)20(2)7-6-8-21-13-17-23(18-14-21)26(27)28-3/h4-5,7,9-18H,1-3H3. The van der Waals surface area contributed by atoms with Crippen molar-refractivity contribution in [3.63, 3.8) is 0 Å². The van der Waals surface area contributed by atoms with E-state index in [4.69, 9.17) is 4.74 Å². The predicted molar refractivity (Wildman–Crippen MR) is 115 cm³/mol. The van der Waals surface area contributed by atoms with Gasteiger partial charge in [0.1, 0.15) is 0 Å². The second-order valence-electron chi connectivity index (χ2n) is 6.58. The summed E-state index contributed by atoms with van der Waals surface area (Å²) in [7, 11) is 1.37. The van der Waals surface area contributed by atoms with E-state index in [1.165, 1.54) is 29.4 Å². The van der Waals surface area contributed by atoms with Gasteiger partial charge in [-0.05, 0) is 66.5 Å². The summed E-state index contributed by atoms with van der Waals surface area (Å²) in [6.45, 7) is 4.16. The Labute approximate surface area is 166 Å². The van der Waals surface area contributed by atoms with E-state index >= 15 is 0 Å². The highest BCUT2D eigenvalue weighted by Crippen LogP contribution is 2.28. The van der Waals surface area contributed by atoms with Crippen LogP contribution in [0.5, 0.6) is 0 Å². The molecule has 0 aliphatic carbocycles. The van der Waals surface area contributed by atoms with E-state index in [2.05, 4.69) is 68.2 Å². The summed E-state index contributed by atoms with van der Waals surface area (Å²) in [5.74, 6) is 5.90. The molecular formula is C26H22O2. The van der Waals surface area contributed by atoms with Crippen LogP contribution in [-0.4, -0.2) is 13.1 Å².